The molecule has 1 aliphatic heterocycles. The van der Waals surface area contributed by atoms with Crippen molar-refractivity contribution in [2.45, 2.75) is 6.92 Å². The molecule has 144 valence electrons. The summed E-state index contributed by atoms with van der Waals surface area (Å²) in [6.45, 7) is 4.21. The minimum atomic E-state index is -0.0240. The predicted molar refractivity (Wildman–Crippen MR) is 108 cm³/mol. The lowest BCUT2D eigenvalue weighted by Crippen LogP contribution is -2.48. The zero-order valence-corrected chi connectivity index (χ0v) is 16.1. The zero-order chi connectivity index (χ0) is 19.7. The molecular formula is C20H20ClN5O2. The quantitative estimate of drug-likeness (QED) is 0.709. The molecule has 1 aliphatic rings. The van der Waals surface area contributed by atoms with Crippen LogP contribution in [0.5, 0.6) is 5.75 Å². The maximum absolute atomic E-state index is 12.9. The van der Waals surface area contributed by atoms with Gasteiger partial charge in [0.1, 0.15) is 5.82 Å². The van der Waals surface area contributed by atoms with Crippen LogP contribution in [0, 0.1) is 6.92 Å². The zero-order valence-electron chi connectivity index (χ0n) is 15.4. The van der Waals surface area contributed by atoms with Gasteiger partial charge in [0, 0.05) is 37.3 Å². The van der Waals surface area contributed by atoms with Gasteiger partial charge in [-0.3, -0.25) is 9.89 Å². The average molecular weight is 398 g/mol. The molecule has 2 aromatic carbocycles. The summed E-state index contributed by atoms with van der Waals surface area (Å²) in [5, 5.41) is 17.5. The normalized spacial score (nSPS) is 14.4. The van der Waals surface area contributed by atoms with E-state index >= 15 is 0 Å². The number of carbonyl (C=O) groups is 1. The Morgan fingerprint density at radius 3 is 2.61 bits per heavy atom. The molecule has 1 aromatic heterocycles. The topological polar surface area (TPSA) is 85.3 Å². The first-order valence-corrected chi connectivity index (χ1v) is 9.42. The fourth-order valence-electron chi connectivity index (χ4n) is 3.36. The molecular weight excluding hydrogens is 378 g/mol. The number of rotatable bonds is 3. The Morgan fingerprint density at radius 2 is 1.89 bits per heavy atom. The molecule has 2 N–H and O–H groups in total. The number of benzene rings is 2. The summed E-state index contributed by atoms with van der Waals surface area (Å²) in [6.07, 6.45) is 0. The molecule has 3 aromatic rings. The lowest BCUT2D eigenvalue weighted by molar-refractivity contribution is 0.0747. The molecule has 1 saturated heterocycles. The smallest absolute Gasteiger partial charge is 0.253 e. The van der Waals surface area contributed by atoms with E-state index in [1.807, 2.05) is 47.1 Å². The van der Waals surface area contributed by atoms with Crippen LogP contribution < -0.4 is 4.90 Å². The van der Waals surface area contributed by atoms with Gasteiger partial charge in [0.2, 0.25) is 0 Å². The number of aryl methyl sites for hydroxylation is 1. The van der Waals surface area contributed by atoms with Crippen molar-refractivity contribution in [1.82, 2.24) is 20.1 Å². The Bertz CT molecular complexity index is 1010. The van der Waals surface area contributed by atoms with Gasteiger partial charge in [-0.25, -0.2) is 4.98 Å². The molecule has 4 rings (SSSR count). The van der Waals surface area contributed by atoms with Crippen LogP contribution in [0.2, 0.25) is 5.02 Å². The number of halogens is 1. The molecule has 0 saturated carbocycles. The molecule has 0 spiro atoms. The summed E-state index contributed by atoms with van der Waals surface area (Å²) in [7, 11) is 0. The van der Waals surface area contributed by atoms with Gasteiger partial charge in [-0.15, -0.1) is 0 Å². The second kappa shape index (κ2) is 7.52. The number of H-pyrrole nitrogens is 1. The number of hydrogen-bond acceptors (Lipinski definition) is 5. The van der Waals surface area contributed by atoms with E-state index in [2.05, 4.69) is 15.2 Å². The van der Waals surface area contributed by atoms with E-state index in [-0.39, 0.29) is 11.7 Å². The second-order valence-corrected chi connectivity index (χ2v) is 7.12. The van der Waals surface area contributed by atoms with E-state index in [4.69, 9.17) is 11.6 Å². The van der Waals surface area contributed by atoms with Crippen molar-refractivity contribution in [3.8, 4) is 17.1 Å². The number of nitrogens with zero attached hydrogens (tertiary/aromatic N) is 4. The highest BCUT2D eigenvalue weighted by Crippen LogP contribution is 2.34. The monoisotopic (exact) mass is 397 g/mol. The summed E-state index contributed by atoms with van der Waals surface area (Å²) < 4.78 is 0. The summed E-state index contributed by atoms with van der Waals surface area (Å²) >= 11 is 6.01. The van der Waals surface area contributed by atoms with Gasteiger partial charge in [-0.05, 0) is 31.2 Å². The van der Waals surface area contributed by atoms with Crippen molar-refractivity contribution < 1.29 is 9.90 Å². The number of carbonyl (C=O) groups excluding carboxylic acids is 1. The van der Waals surface area contributed by atoms with Gasteiger partial charge in [-0.2, -0.15) is 5.10 Å². The van der Waals surface area contributed by atoms with Crippen molar-refractivity contribution in [1.29, 1.82) is 0 Å². The largest absolute Gasteiger partial charge is 0.504 e. The summed E-state index contributed by atoms with van der Waals surface area (Å²) in [5.74, 6) is 1.36. The summed E-state index contributed by atoms with van der Waals surface area (Å²) in [6, 6.07) is 12.7. The Hall–Kier alpha value is -3.06. The van der Waals surface area contributed by atoms with Gasteiger partial charge >= 0.3 is 0 Å². The molecule has 0 unspecified atom stereocenters. The molecule has 1 amide bonds. The molecule has 1 fully saturated rings. The molecule has 0 atom stereocenters. The number of aromatic nitrogens is 3. The minimum Gasteiger partial charge on any atom is -0.504 e. The lowest BCUT2D eigenvalue weighted by Gasteiger charge is -2.36. The molecule has 0 bridgehead atoms. The molecule has 8 heteroatoms. The van der Waals surface area contributed by atoms with Crippen LogP contribution in [0.1, 0.15) is 16.2 Å². The van der Waals surface area contributed by atoms with Crippen LogP contribution in [-0.4, -0.2) is 57.3 Å². The number of piperazine rings is 1. The first kappa shape index (κ1) is 18.3. The van der Waals surface area contributed by atoms with Crippen LogP contribution in [-0.2, 0) is 0 Å². The number of para-hydroxylation sites is 1. The third-order valence-corrected chi connectivity index (χ3v) is 5.14. The predicted octanol–water partition coefficient (Wildman–Crippen LogP) is 3.10. The maximum atomic E-state index is 12.9. The number of aromatic hydroxyl groups is 1. The van der Waals surface area contributed by atoms with E-state index in [0.717, 1.165) is 11.4 Å². The number of amides is 1. The van der Waals surface area contributed by atoms with Crippen molar-refractivity contribution >= 4 is 23.2 Å². The number of phenols is 1. The van der Waals surface area contributed by atoms with Crippen LogP contribution in [0.4, 0.5) is 5.69 Å². The van der Waals surface area contributed by atoms with Gasteiger partial charge in [0.25, 0.3) is 5.91 Å². The van der Waals surface area contributed by atoms with Crippen LogP contribution in [0.15, 0.2) is 42.5 Å². The Kier molecular flexibility index (Phi) is 4.92. The molecule has 0 radical (unpaired) electrons. The Morgan fingerprint density at radius 1 is 1.14 bits per heavy atom. The van der Waals surface area contributed by atoms with Crippen molar-refractivity contribution in [2.75, 3.05) is 31.1 Å². The van der Waals surface area contributed by atoms with Crippen LogP contribution in [0.25, 0.3) is 11.4 Å². The molecule has 28 heavy (non-hydrogen) atoms. The maximum Gasteiger partial charge on any atom is 0.253 e. The number of phenolic OH excluding ortho intramolecular Hbond substituents is 1. The highest BCUT2D eigenvalue weighted by Gasteiger charge is 2.24. The third-order valence-electron chi connectivity index (χ3n) is 4.84. The van der Waals surface area contributed by atoms with E-state index < -0.39 is 0 Å². The first-order valence-electron chi connectivity index (χ1n) is 9.04. The highest BCUT2D eigenvalue weighted by atomic mass is 35.5. The standard InChI is InChI=1S/C20H20ClN5O2/c1-13-22-19(24-23-13)14-4-2-5-15(12-14)20(28)26-10-8-25(9-11-26)17-7-3-6-16(21)18(17)27/h2-7,12,27H,8-11H2,1H3,(H,22,23,24). The van der Waals surface area contributed by atoms with Gasteiger partial charge in [0.15, 0.2) is 11.6 Å². The minimum absolute atomic E-state index is 0.0240. The van der Waals surface area contributed by atoms with E-state index in [9.17, 15) is 9.90 Å². The van der Waals surface area contributed by atoms with Crippen molar-refractivity contribution in [2.24, 2.45) is 0 Å². The lowest BCUT2D eigenvalue weighted by atomic mass is 10.1. The van der Waals surface area contributed by atoms with Gasteiger partial charge in [-0.1, -0.05) is 29.8 Å². The highest BCUT2D eigenvalue weighted by molar-refractivity contribution is 6.32. The van der Waals surface area contributed by atoms with Crippen LogP contribution in [0.3, 0.4) is 0 Å². The number of hydrogen-bond donors (Lipinski definition) is 2. The summed E-state index contributed by atoms with van der Waals surface area (Å²) in [5.41, 5.74) is 2.11. The fraction of sp³-hybridized carbons (Fsp3) is 0.250. The Labute approximate surface area is 167 Å². The van der Waals surface area contributed by atoms with Gasteiger partial charge < -0.3 is 14.9 Å². The average Bonchev–Trinajstić information content (AvgIpc) is 3.16. The fourth-order valence-corrected chi connectivity index (χ4v) is 3.52. The van der Waals surface area contributed by atoms with E-state index in [1.165, 1.54) is 0 Å². The van der Waals surface area contributed by atoms with E-state index in [1.54, 1.807) is 12.1 Å². The van der Waals surface area contributed by atoms with Gasteiger partial charge in [0.05, 0.1) is 10.7 Å². The van der Waals surface area contributed by atoms with Crippen LogP contribution >= 0.6 is 11.6 Å². The molecule has 7 nitrogen and oxygen atoms in total. The molecule has 2 heterocycles. The molecule has 0 aliphatic carbocycles. The van der Waals surface area contributed by atoms with Crippen molar-refractivity contribution in [3.05, 3.63) is 58.9 Å². The van der Waals surface area contributed by atoms with E-state index in [0.29, 0.717) is 48.3 Å². The van der Waals surface area contributed by atoms with Crippen molar-refractivity contribution in [3.63, 3.8) is 0 Å². The Balaban J connectivity index is 1.46. The number of anilines is 1. The number of aromatic amines is 1. The first-order chi connectivity index (χ1) is 13.5. The SMILES string of the molecule is Cc1nc(-c2cccc(C(=O)N3CCN(c4cccc(Cl)c4O)CC3)c2)n[nH]1. The number of nitrogens with one attached hydrogen (secondary N) is 1. The summed E-state index contributed by atoms with van der Waals surface area (Å²) in [4.78, 5) is 21.1. The second-order valence-electron chi connectivity index (χ2n) is 6.71. The third kappa shape index (κ3) is 3.53.